The molecule has 1 aromatic rings. The monoisotopic (exact) mass is 395 g/mol. The highest BCUT2D eigenvalue weighted by atomic mass is 79.9. The second kappa shape index (κ2) is 7.95. The van der Waals surface area contributed by atoms with Crippen LogP contribution < -0.4 is 5.32 Å². The summed E-state index contributed by atoms with van der Waals surface area (Å²) < 4.78 is 6.36. The van der Waals surface area contributed by atoms with Gasteiger partial charge in [-0.1, -0.05) is 12.1 Å². The van der Waals surface area contributed by atoms with Crippen molar-refractivity contribution < 1.29 is 9.53 Å². The molecular formula is C18H26BrN3O2. The van der Waals surface area contributed by atoms with Crippen LogP contribution in [0.5, 0.6) is 0 Å². The minimum Gasteiger partial charge on any atom is -0.379 e. The smallest absolute Gasteiger partial charge is 0.252 e. The SMILES string of the molecule is CN1CCC(CNC(=O)c2ccccc2Br)(N2CCOCC2)CC1. The van der Waals surface area contributed by atoms with Gasteiger partial charge in [0.15, 0.2) is 0 Å². The summed E-state index contributed by atoms with van der Waals surface area (Å²) in [5.74, 6) is -0.00552. The van der Waals surface area contributed by atoms with E-state index in [9.17, 15) is 4.79 Å². The highest BCUT2D eigenvalue weighted by Crippen LogP contribution is 2.29. The van der Waals surface area contributed by atoms with Gasteiger partial charge in [-0.05, 0) is 61.0 Å². The number of halogens is 1. The Balaban J connectivity index is 1.70. The summed E-state index contributed by atoms with van der Waals surface area (Å²) in [6.07, 6.45) is 2.17. The van der Waals surface area contributed by atoms with Gasteiger partial charge in [-0.15, -0.1) is 0 Å². The van der Waals surface area contributed by atoms with Crippen LogP contribution in [0.25, 0.3) is 0 Å². The van der Waals surface area contributed by atoms with E-state index in [2.05, 4.69) is 38.1 Å². The van der Waals surface area contributed by atoms with Crippen LogP contribution in [0.3, 0.4) is 0 Å². The molecule has 0 aliphatic carbocycles. The Morgan fingerprint density at radius 2 is 1.88 bits per heavy atom. The van der Waals surface area contributed by atoms with E-state index in [1.807, 2.05) is 24.3 Å². The Bertz CT molecular complexity index is 567. The van der Waals surface area contributed by atoms with Gasteiger partial charge in [0.25, 0.3) is 5.91 Å². The van der Waals surface area contributed by atoms with E-state index in [-0.39, 0.29) is 11.4 Å². The highest BCUT2D eigenvalue weighted by Gasteiger charge is 2.40. The lowest BCUT2D eigenvalue weighted by atomic mass is 9.85. The van der Waals surface area contributed by atoms with Crippen LogP contribution in [-0.2, 0) is 4.74 Å². The number of ether oxygens (including phenoxy) is 1. The molecular weight excluding hydrogens is 370 g/mol. The molecule has 24 heavy (non-hydrogen) atoms. The molecule has 2 fully saturated rings. The van der Waals surface area contributed by atoms with Crippen molar-refractivity contribution in [1.82, 2.24) is 15.1 Å². The predicted molar refractivity (Wildman–Crippen MR) is 98.3 cm³/mol. The van der Waals surface area contributed by atoms with Crippen molar-refractivity contribution >= 4 is 21.8 Å². The third-order valence-corrected chi connectivity index (χ3v) is 5.99. The molecule has 6 heteroatoms. The number of likely N-dealkylation sites (tertiary alicyclic amines) is 1. The van der Waals surface area contributed by atoms with Crippen molar-refractivity contribution in [3.8, 4) is 0 Å². The van der Waals surface area contributed by atoms with Gasteiger partial charge in [0.1, 0.15) is 0 Å². The van der Waals surface area contributed by atoms with E-state index in [4.69, 9.17) is 4.74 Å². The standard InChI is InChI=1S/C18H26BrN3O2/c1-21-8-6-18(7-9-21,22-10-12-24-13-11-22)14-20-17(23)15-4-2-3-5-16(15)19/h2-5H,6-14H2,1H3,(H,20,23). The van der Waals surface area contributed by atoms with Crippen LogP contribution in [-0.4, -0.2) is 74.2 Å². The number of carbonyl (C=O) groups is 1. The first-order valence-electron chi connectivity index (χ1n) is 8.65. The number of nitrogens with one attached hydrogen (secondary N) is 1. The molecule has 0 atom stereocenters. The summed E-state index contributed by atoms with van der Waals surface area (Å²) in [5.41, 5.74) is 0.746. The first-order valence-corrected chi connectivity index (χ1v) is 9.44. The molecule has 3 rings (SSSR count). The molecule has 2 heterocycles. The van der Waals surface area contributed by atoms with Gasteiger partial charge in [0.2, 0.25) is 0 Å². The summed E-state index contributed by atoms with van der Waals surface area (Å²) in [6.45, 7) is 6.32. The maximum absolute atomic E-state index is 12.6. The Morgan fingerprint density at radius 1 is 1.21 bits per heavy atom. The van der Waals surface area contributed by atoms with Crippen LogP contribution in [0, 0.1) is 0 Å². The fraction of sp³-hybridized carbons (Fsp3) is 0.611. The Kier molecular flexibility index (Phi) is 5.92. The highest BCUT2D eigenvalue weighted by molar-refractivity contribution is 9.10. The summed E-state index contributed by atoms with van der Waals surface area (Å²) in [5, 5.41) is 3.19. The zero-order chi connectivity index (χ0) is 17.0. The maximum Gasteiger partial charge on any atom is 0.252 e. The van der Waals surface area contributed by atoms with Crippen LogP contribution in [0.4, 0.5) is 0 Å². The van der Waals surface area contributed by atoms with Gasteiger partial charge < -0.3 is 15.0 Å². The molecule has 2 saturated heterocycles. The number of rotatable bonds is 4. The molecule has 0 aromatic heterocycles. The number of morpholine rings is 1. The molecule has 2 aliphatic heterocycles. The third-order valence-electron chi connectivity index (χ3n) is 5.30. The summed E-state index contributed by atoms with van der Waals surface area (Å²) in [7, 11) is 2.17. The largest absolute Gasteiger partial charge is 0.379 e. The molecule has 1 amide bonds. The predicted octanol–water partition coefficient (Wildman–Crippen LogP) is 1.98. The Hall–Kier alpha value is -0.950. The van der Waals surface area contributed by atoms with Crippen LogP contribution in [0.2, 0.25) is 0 Å². The quantitative estimate of drug-likeness (QED) is 0.846. The number of hydrogen-bond acceptors (Lipinski definition) is 4. The number of benzene rings is 1. The molecule has 0 unspecified atom stereocenters. The van der Waals surface area contributed by atoms with Crippen molar-refractivity contribution in [3.05, 3.63) is 34.3 Å². The van der Waals surface area contributed by atoms with E-state index in [0.717, 1.165) is 56.7 Å². The normalized spacial score (nSPS) is 22.2. The third kappa shape index (κ3) is 3.99. The molecule has 0 saturated carbocycles. The zero-order valence-electron chi connectivity index (χ0n) is 14.3. The van der Waals surface area contributed by atoms with Gasteiger partial charge in [-0.25, -0.2) is 0 Å². The van der Waals surface area contributed by atoms with E-state index < -0.39 is 0 Å². The topological polar surface area (TPSA) is 44.8 Å². The van der Waals surface area contributed by atoms with E-state index >= 15 is 0 Å². The number of carbonyl (C=O) groups excluding carboxylic acids is 1. The van der Waals surface area contributed by atoms with Crippen molar-refractivity contribution in [3.63, 3.8) is 0 Å². The van der Waals surface area contributed by atoms with Gasteiger partial charge in [-0.2, -0.15) is 0 Å². The average molecular weight is 396 g/mol. The summed E-state index contributed by atoms with van der Waals surface area (Å²) in [4.78, 5) is 17.5. The van der Waals surface area contributed by atoms with Crippen LogP contribution in [0.15, 0.2) is 28.7 Å². The van der Waals surface area contributed by atoms with Gasteiger partial charge >= 0.3 is 0 Å². The number of nitrogens with zero attached hydrogens (tertiary/aromatic N) is 2. The summed E-state index contributed by atoms with van der Waals surface area (Å²) in [6, 6.07) is 7.58. The molecule has 5 nitrogen and oxygen atoms in total. The molecule has 2 aliphatic rings. The van der Waals surface area contributed by atoms with E-state index in [1.54, 1.807) is 0 Å². The second-order valence-corrected chi connectivity index (χ2v) is 7.64. The van der Waals surface area contributed by atoms with Crippen molar-refractivity contribution in [2.75, 3.05) is 53.0 Å². The Morgan fingerprint density at radius 3 is 2.54 bits per heavy atom. The molecule has 1 aromatic carbocycles. The molecule has 0 bridgehead atoms. The number of hydrogen-bond donors (Lipinski definition) is 1. The maximum atomic E-state index is 12.6. The van der Waals surface area contributed by atoms with Gasteiger partial charge in [0.05, 0.1) is 18.8 Å². The van der Waals surface area contributed by atoms with E-state index in [0.29, 0.717) is 12.1 Å². The molecule has 0 spiro atoms. The first kappa shape index (κ1) is 17.9. The lowest BCUT2D eigenvalue weighted by Gasteiger charge is -2.49. The molecule has 0 radical (unpaired) electrons. The number of piperidine rings is 1. The van der Waals surface area contributed by atoms with Crippen molar-refractivity contribution in [2.45, 2.75) is 18.4 Å². The average Bonchev–Trinajstić information content (AvgIpc) is 2.62. The van der Waals surface area contributed by atoms with Gasteiger partial charge in [0, 0.05) is 29.6 Å². The summed E-state index contributed by atoms with van der Waals surface area (Å²) >= 11 is 3.47. The minimum atomic E-state index is -0.00552. The second-order valence-electron chi connectivity index (χ2n) is 6.79. The van der Waals surface area contributed by atoms with Crippen molar-refractivity contribution in [2.24, 2.45) is 0 Å². The lowest BCUT2D eigenvalue weighted by Crippen LogP contribution is -2.62. The van der Waals surface area contributed by atoms with Gasteiger partial charge in [-0.3, -0.25) is 9.69 Å². The van der Waals surface area contributed by atoms with E-state index in [1.165, 1.54) is 0 Å². The molecule has 132 valence electrons. The Labute approximate surface area is 152 Å². The van der Waals surface area contributed by atoms with Crippen LogP contribution >= 0.6 is 15.9 Å². The fourth-order valence-electron chi connectivity index (χ4n) is 3.66. The van der Waals surface area contributed by atoms with Crippen molar-refractivity contribution in [1.29, 1.82) is 0 Å². The lowest BCUT2D eigenvalue weighted by molar-refractivity contribution is -0.0439. The number of amides is 1. The first-order chi connectivity index (χ1) is 11.6. The zero-order valence-corrected chi connectivity index (χ0v) is 15.8. The van der Waals surface area contributed by atoms with Crippen LogP contribution in [0.1, 0.15) is 23.2 Å². The molecule has 1 N–H and O–H groups in total. The fourth-order valence-corrected chi connectivity index (χ4v) is 4.13. The minimum absolute atomic E-state index is 0.00552.